The van der Waals surface area contributed by atoms with Crippen LogP contribution in [-0.4, -0.2) is 26.8 Å². The van der Waals surface area contributed by atoms with Crippen LogP contribution in [-0.2, 0) is 18.3 Å². The van der Waals surface area contributed by atoms with Crippen LogP contribution in [0.3, 0.4) is 0 Å². The number of aliphatic hydroxyl groups is 1. The van der Waals surface area contributed by atoms with E-state index in [-0.39, 0.29) is 6.42 Å². The number of nitrogens with zero attached hydrogens (tertiary/aromatic N) is 2. The zero-order chi connectivity index (χ0) is 10.6. The summed E-state index contributed by atoms with van der Waals surface area (Å²) in [6, 6.07) is 0. The van der Waals surface area contributed by atoms with Crippen LogP contribution >= 0.6 is 0 Å². The molecule has 0 bridgehead atoms. The number of carbonyl (C=O) groups is 1. The van der Waals surface area contributed by atoms with Gasteiger partial charge in [0.25, 0.3) is 0 Å². The standard InChI is InChI=1S/C10H16N2O2/c1-10(14,5-6-13)4-3-9-7-11-12(2)8-9/h6-8,14H,3-5H2,1-2H3. The third-order valence-electron chi connectivity index (χ3n) is 2.23. The highest BCUT2D eigenvalue weighted by Crippen LogP contribution is 2.16. The highest BCUT2D eigenvalue weighted by Gasteiger charge is 2.19. The van der Waals surface area contributed by atoms with Gasteiger partial charge in [-0.25, -0.2) is 0 Å². The molecule has 0 fully saturated rings. The van der Waals surface area contributed by atoms with Crippen molar-refractivity contribution < 1.29 is 9.90 Å². The lowest BCUT2D eigenvalue weighted by Gasteiger charge is -2.19. The molecule has 1 rings (SSSR count). The summed E-state index contributed by atoms with van der Waals surface area (Å²) in [5.41, 5.74) is 0.191. The third-order valence-corrected chi connectivity index (χ3v) is 2.23. The first-order valence-corrected chi connectivity index (χ1v) is 4.67. The summed E-state index contributed by atoms with van der Waals surface area (Å²) >= 11 is 0. The Bertz CT molecular complexity index is 305. The predicted molar refractivity (Wildman–Crippen MR) is 52.8 cm³/mol. The van der Waals surface area contributed by atoms with Crippen molar-refractivity contribution in [1.82, 2.24) is 9.78 Å². The molecule has 1 unspecified atom stereocenters. The Morgan fingerprint density at radius 3 is 2.93 bits per heavy atom. The summed E-state index contributed by atoms with van der Waals surface area (Å²) in [6.45, 7) is 1.68. The van der Waals surface area contributed by atoms with Crippen LogP contribution in [0.4, 0.5) is 0 Å². The molecule has 78 valence electrons. The van der Waals surface area contributed by atoms with Crippen molar-refractivity contribution in [3.05, 3.63) is 18.0 Å². The Kier molecular flexibility index (Phi) is 3.41. The first-order valence-electron chi connectivity index (χ1n) is 4.67. The lowest BCUT2D eigenvalue weighted by atomic mass is 9.95. The molecule has 0 aromatic carbocycles. The van der Waals surface area contributed by atoms with Gasteiger partial charge < -0.3 is 9.90 Å². The number of aryl methyl sites for hydroxylation is 2. The number of aromatic nitrogens is 2. The van der Waals surface area contributed by atoms with Crippen molar-refractivity contribution in [2.45, 2.75) is 31.8 Å². The Hall–Kier alpha value is -1.16. The van der Waals surface area contributed by atoms with Crippen molar-refractivity contribution in [2.24, 2.45) is 7.05 Å². The first-order chi connectivity index (χ1) is 6.53. The fourth-order valence-electron chi connectivity index (χ4n) is 1.30. The van der Waals surface area contributed by atoms with Gasteiger partial charge in [0, 0.05) is 19.7 Å². The highest BCUT2D eigenvalue weighted by atomic mass is 16.3. The molecule has 1 aromatic rings. The second-order valence-corrected chi connectivity index (χ2v) is 3.89. The minimum atomic E-state index is -0.891. The smallest absolute Gasteiger partial charge is 0.122 e. The molecular formula is C10H16N2O2. The maximum Gasteiger partial charge on any atom is 0.122 e. The molecule has 4 heteroatoms. The van der Waals surface area contributed by atoms with E-state index in [4.69, 9.17) is 0 Å². The van der Waals surface area contributed by atoms with Crippen LogP contribution < -0.4 is 0 Å². The zero-order valence-electron chi connectivity index (χ0n) is 8.60. The monoisotopic (exact) mass is 196 g/mol. The van der Waals surface area contributed by atoms with Crippen LogP contribution in [0.5, 0.6) is 0 Å². The molecular weight excluding hydrogens is 180 g/mol. The molecule has 1 heterocycles. The average molecular weight is 196 g/mol. The van der Waals surface area contributed by atoms with E-state index in [0.717, 1.165) is 18.3 Å². The summed E-state index contributed by atoms with van der Waals surface area (Å²) in [7, 11) is 1.85. The molecule has 0 radical (unpaired) electrons. The van der Waals surface area contributed by atoms with Gasteiger partial charge in [-0.1, -0.05) is 0 Å². The quantitative estimate of drug-likeness (QED) is 0.705. The maximum atomic E-state index is 10.3. The molecule has 1 atom stereocenters. The summed E-state index contributed by atoms with van der Waals surface area (Å²) in [5.74, 6) is 0. The minimum absolute atomic E-state index is 0.188. The van der Waals surface area contributed by atoms with E-state index in [1.54, 1.807) is 17.8 Å². The number of rotatable bonds is 5. The molecule has 0 saturated heterocycles. The van der Waals surface area contributed by atoms with E-state index in [9.17, 15) is 9.90 Å². The van der Waals surface area contributed by atoms with E-state index < -0.39 is 5.60 Å². The molecule has 0 aliphatic carbocycles. The predicted octanol–water partition coefficient (Wildman–Crippen LogP) is 0.693. The zero-order valence-corrected chi connectivity index (χ0v) is 8.60. The maximum absolute atomic E-state index is 10.3. The van der Waals surface area contributed by atoms with Crippen molar-refractivity contribution in [1.29, 1.82) is 0 Å². The fourth-order valence-corrected chi connectivity index (χ4v) is 1.30. The minimum Gasteiger partial charge on any atom is -0.390 e. The van der Waals surface area contributed by atoms with Crippen molar-refractivity contribution >= 4 is 6.29 Å². The van der Waals surface area contributed by atoms with Crippen LogP contribution in [0.1, 0.15) is 25.3 Å². The van der Waals surface area contributed by atoms with E-state index in [2.05, 4.69) is 5.10 Å². The van der Waals surface area contributed by atoms with Crippen molar-refractivity contribution in [3.8, 4) is 0 Å². The van der Waals surface area contributed by atoms with Gasteiger partial charge in [-0.2, -0.15) is 5.10 Å². The number of aldehydes is 1. The molecule has 14 heavy (non-hydrogen) atoms. The topological polar surface area (TPSA) is 55.1 Å². The number of hydrogen-bond acceptors (Lipinski definition) is 3. The SMILES string of the molecule is Cn1cc(CCC(C)(O)CC=O)cn1. The molecule has 1 N–H and O–H groups in total. The van der Waals surface area contributed by atoms with Gasteiger partial charge in [-0.05, 0) is 25.3 Å². The Morgan fingerprint density at radius 1 is 1.71 bits per heavy atom. The van der Waals surface area contributed by atoms with E-state index >= 15 is 0 Å². The van der Waals surface area contributed by atoms with Gasteiger partial charge in [0.05, 0.1) is 11.8 Å². The molecule has 0 spiro atoms. The molecule has 0 saturated carbocycles. The van der Waals surface area contributed by atoms with E-state index in [1.807, 2.05) is 13.2 Å². The highest BCUT2D eigenvalue weighted by molar-refractivity contribution is 5.51. The Balaban J connectivity index is 2.43. The molecule has 0 amide bonds. The van der Waals surface area contributed by atoms with Gasteiger partial charge in [0.15, 0.2) is 0 Å². The summed E-state index contributed by atoms with van der Waals surface area (Å²) in [5, 5.41) is 13.8. The first kappa shape index (κ1) is 10.9. The van der Waals surface area contributed by atoms with Crippen molar-refractivity contribution in [2.75, 3.05) is 0 Å². The van der Waals surface area contributed by atoms with E-state index in [1.165, 1.54) is 0 Å². The molecule has 0 aliphatic rings. The van der Waals surface area contributed by atoms with Crippen molar-refractivity contribution in [3.63, 3.8) is 0 Å². The van der Waals surface area contributed by atoms with Gasteiger partial charge in [-0.3, -0.25) is 4.68 Å². The van der Waals surface area contributed by atoms with Crippen LogP contribution in [0.25, 0.3) is 0 Å². The van der Waals surface area contributed by atoms with Crippen LogP contribution in [0, 0.1) is 0 Å². The van der Waals surface area contributed by atoms with Gasteiger partial charge in [-0.15, -0.1) is 0 Å². The Labute approximate surface area is 83.5 Å². The third kappa shape index (κ3) is 3.30. The van der Waals surface area contributed by atoms with Gasteiger partial charge in [0.2, 0.25) is 0 Å². The molecule has 1 aromatic heterocycles. The second-order valence-electron chi connectivity index (χ2n) is 3.89. The fraction of sp³-hybridized carbons (Fsp3) is 0.600. The second kappa shape index (κ2) is 4.37. The average Bonchev–Trinajstić information content (AvgIpc) is 2.48. The largest absolute Gasteiger partial charge is 0.390 e. The van der Waals surface area contributed by atoms with Crippen LogP contribution in [0.2, 0.25) is 0 Å². The lowest BCUT2D eigenvalue weighted by molar-refractivity contribution is -0.111. The molecule has 4 nitrogen and oxygen atoms in total. The summed E-state index contributed by atoms with van der Waals surface area (Å²) < 4.78 is 1.73. The summed E-state index contributed by atoms with van der Waals surface area (Å²) in [6.07, 6.45) is 5.95. The number of hydrogen-bond donors (Lipinski definition) is 1. The van der Waals surface area contributed by atoms with Gasteiger partial charge in [0.1, 0.15) is 6.29 Å². The normalized spacial score (nSPS) is 15.1. The molecule has 0 aliphatic heterocycles. The van der Waals surface area contributed by atoms with Gasteiger partial charge >= 0.3 is 0 Å². The van der Waals surface area contributed by atoms with E-state index in [0.29, 0.717) is 6.42 Å². The summed E-state index contributed by atoms with van der Waals surface area (Å²) in [4.78, 5) is 10.3. The van der Waals surface area contributed by atoms with Crippen LogP contribution in [0.15, 0.2) is 12.4 Å². The lowest BCUT2D eigenvalue weighted by Crippen LogP contribution is -2.25. The number of carbonyl (C=O) groups excluding carboxylic acids is 1. The Morgan fingerprint density at radius 2 is 2.43 bits per heavy atom.